The van der Waals surface area contributed by atoms with Crippen molar-refractivity contribution >= 4 is 17.3 Å². The number of carbonyl (C=O) groups is 1. The van der Waals surface area contributed by atoms with Crippen molar-refractivity contribution in [2.24, 2.45) is 5.92 Å². The molecule has 2 rings (SSSR count). The van der Waals surface area contributed by atoms with Gasteiger partial charge in [0.2, 0.25) is 0 Å². The monoisotopic (exact) mass is 291 g/mol. The number of amides is 1. The number of rotatable bonds is 3. The molecule has 1 amide bonds. The second-order valence-corrected chi connectivity index (χ2v) is 5.81. The maximum Gasteiger partial charge on any atom is 0.292 e. The molecule has 0 saturated heterocycles. The summed E-state index contributed by atoms with van der Waals surface area (Å²) in [5, 5.41) is 13.8. The van der Waals surface area contributed by atoms with Gasteiger partial charge >= 0.3 is 0 Å². The molecule has 6 heteroatoms. The highest BCUT2D eigenvalue weighted by Crippen LogP contribution is 2.24. The van der Waals surface area contributed by atoms with Gasteiger partial charge in [-0.05, 0) is 37.3 Å². The lowest BCUT2D eigenvalue weighted by Crippen LogP contribution is -2.34. The number of hydrogen-bond donors (Lipinski definition) is 2. The first kappa shape index (κ1) is 15.3. The molecule has 114 valence electrons. The van der Waals surface area contributed by atoms with Crippen LogP contribution < -0.4 is 11.1 Å². The van der Waals surface area contributed by atoms with Crippen LogP contribution in [0.15, 0.2) is 18.2 Å². The van der Waals surface area contributed by atoms with Gasteiger partial charge in [-0.25, -0.2) is 0 Å². The second-order valence-electron chi connectivity index (χ2n) is 5.81. The smallest absolute Gasteiger partial charge is 0.292 e. The van der Waals surface area contributed by atoms with Gasteiger partial charge in [0.1, 0.15) is 5.69 Å². The van der Waals surface area contributed by atoms with Crippen LogP contribution in [0.1, 0.15) is 49.4 Å². The third-order valence-electron chi connectivity index (χ3n) is 4.08. The molecule has 1 fully saturated rings. The van der Waals surface area contributed by atoms with Gasteiger partial charge in [0, 0.05) is 17.7 Å². The van der Waals surface area contributed by atoms with Gasteiger partial charge < -0.3 is 11.1 Å². The summed E-state index contributed by atoms with van der Waals surface area (Å²) in [6.45, 7) is 2.23. The Morgan fingerprint density at radius 1 is 1.33 bits per heavy atom. The molecular weight excluding hydrogens is 270 g/mol. The number of hydrogen-bond acceptors (Lipinski definition) is 4. The number of benzene rings is 1. The minimum atomic E-state index is -0.570. The first-order valence-electron chi connectivity index (χ1n) is 7.32. The van der Waals surface area contributed by atoms with E-state index in [0.29, 0.717) is 5.92 Å². The minimum Gasteiger partial charge on any atom is -0.393 e. The van der Waals surface area contributed by atoms with Crippen molar-refractivity contribution in [2.45, 2.75) is 45.1 Å². The average molecular weight is 291 g/mol. The van der Waals surface area contributed by atoms with Crippen molar-refractivity contribution in [1.29, 1.82) is 0 Å². The topological polar surface area (TPSA) is 98.3 Å². The fraction of sp³-hybridized carbons (Fsp3) is 0.533. The first-order chi connectivity index (χ1) is 9.97. The summed E-state index contributed by atoms with van der Waals surface area (Å²) >= 11 is 0. The number of nitro benzene ring substituents is 1. The van der Waals surface area contributed by atoms with Crippen LogP contribution in [0.5, 0.6) is 0 Å². The van der Waals surface area contributed by atoms with E-state index in [1.165, 1.54) is 24.6 Å². The molecule has 21 heavy (non-hydrogen) atoms. The Morgan fingerprint density at radius 3 is 2.81 bits per heavy atom. The molecule has 1 aromatic carbocycles. The zero-order chi connectivity index (χ0) is 15.4. The van der Waals surface area contributed by atoms with Gasteiger partial charge in [0.15, 0.2) is 0 Å². The van der Waals surface area contributed by atoms with Gasteiger partial charge in [-0.3, -0.25) is 14.9 Å². The SMILES string of the molecule is CC1CCCC(NC(=O)c2ccc(N)c([N+](=O)[O-])c2)CC1. The second kappa shape index (κ2) is 6.56. The number of nitrogen functional groups attached to an aromatic ring is 1. The number of nitro groups is 1. The van der Waals surface area contributed by atoms with Crippen LogP contribution in [0.3, 0.4) is 0 Å². The molecule has 0 bridgehead atoms. The van der Waals surface area contributed by atoms with Crippen LogP contribution >= 0.6 is 0 Å². The third kappa shape index (κ3) is 3.93. The zero-order valence-electron chi connectivity index (χ0n) is 12.2. The minimum absolute atomic E-state index is 0.0693. The molecular formula is C15H21N3O3. The van der Waals surface area contributed by atoms with E-state index in [9.17, 15) is 14.9 Å². The van der Waals surface area contributed by atoms with Crippen molar-refractivity contribution in [3.63, 3.8) is 0 Å². The molecule has 0 aromatic heterocycles. The maximum absolute atomic E-state index is 12.2. The fourth-order valence-corrected chi connectivity index (χ4v) is 2.74. The lowest BCUT2D eigenvalue weighted by atomic mass is 10.0. The van der Waals surface area contributed by atoms with Crippen LogP contribution in [0.4, 0.5) is 11.4 Å². The van der Waals surface area contributed by atoms with Crippen LogP contribution in [-0.2, 0) is 0 Å². The van der Waals surface area contributed by atoms with Crippen molar-refractivity contribution < 1.29 is 9.72 Å². The molecule has 6 nitrogen and oxygen atoms in total. The van der Waals surface area contributed by atoms with E-state index in [-0.39, 0.29) is 28.9 Å². The van der Waals surface area contributed by atoms with Crippen molar-refractivity contribution in [3.8, 4) is 0 Å². The average Bonchev–Trinajstić information content (AvgIpc) is 2.64. The Labute approximate surface area is 123 Å². The Morgan fingerprint density at radius 2 is 2.10 bits per heavy atom. The number of nitrogens with zero attached hydrogens (tertiary/aromatic N) is 1. The summed E-state index contributed by atoms with van der Waals surface area (Å²) < 4.78 is 0. The van der Waals surface area contributed by atoms with Crippen LogP contribution in [-0.4, -0.2) is 16.9 Å². The van der Waals surface area contributed by atoms with Gasteiger partial charge in [-0.2, -0.15) is 0 Å². The van der Waals surface area contributed by atoms with E-state index in [1.807, 2.05) is 0 Å². The summed E-state index contributed by atoms with van der Waals surface area (Å²) in [7, 11) is 0. The quantitative estimate of drug-likeness (QED) is 0.387. The number of anilines is 1. The number of nitrogens with two attached hydrogens (primary N) is 1. The Balaban J connectivity index is 2.06. The highest BCUT2D eigenvalue weighted by atomic mass is 16.6. The van der Waals surface area contributed by atoms with E-state index in [1.54, 1.807) is 0 Å². The maximum atomic E-state index is 12.2. The highest BCUT2D eigenvalue weighted by molar-refractivity contribution is 5.95. The predicted octanol–water partition coefficient (Wildman–Crippen LogP) is 2.88. The zero-order valence-corrected chi connectivity index (χ0v) is 12.2. The van der Waals surface area contributed by atoms with Crippen molar-refractivity contribution in [2.75, 3.05) is 5.73 Å². The molecule has 0 heterocycles. The molecule has 1 aliphatic carbocycles. The van der Waals surface area contributed by atoms with Gasteiger partial charge in [0.25, 0.3) is 11.6 Å². The fourth-order valence-electron chi connectivity index (χ4n) is 2.74. The van der Waals surface area contributed by atoms with Gasteiger partial charge in [-0.15, -0.1) is 0 Å². The summed E-state index contributed by atoms with van der Waals surface area (Å²) in [5.41, 5.74) is 5.67. The summed E-state index contributed by atoms with van der Waals surface area (Å²) in [6.07, 6.45) is 5.33. The molecule has 2 unspecified atom stereocenters. The van der Waals surface area contributed by atoms with Crippen LogP contribution in [0, 0.1) is 16.0 Å². The van der Waals surface area contributed by atoms with E-state index in [0.717, 1.165) is 25.7 Å². The summed E-state index contributed by atoms with van der Waals surface area (Å²) in [6, 6.07) is 4.32. The number of carbonyl (C=O) groups excluding carboxylic acids is 1. The summed E-state index contributed by atoms with van der Waals surface area (Å²) in [4.78, 5) is 22.5. The van der Waals surface area contributed by atoms with Gasteiger partial charge in [0.05, 0.1) is 4.92 Å². The first-order valence-corrected chi connectivity index (χ1v) is 7.32. The molecule has 1 aliphatic rings. The third-order valence-corrected chi connectivity index (χ3v) is 4.08. The molecule has 0 spiro atoms. The molecule has 2 atom stereocenters. The normalized spacial score (nSPS) is 22.3. The van der Waals surface area contributed by atoms with E-state index >= 15 is 0 Å². The van der Waals surface area contributed by atoms with E-state index < -0.39 is 4.92 Å². The number of nitrogens with one attached hydrogen (secondary N) is 1. The standard InChI is InChI=1S/C15H21N3O3/c1-10-3-2-4-12(7-5-10)17-15(19)11-6-8-13(16)14(9-11)18(20)21/h6,8-10,12H,2-5,7,16H2,1H3,(H,17,19). The lowest BCUT2D eigenvalue weighted by Gasteiger charge is -2.16. The molecule has 3 N–H and O–H groups in total. The van der Waals surface area contributed by atoms with Crippen LogP contribution in [0.2, 0.25) is 0 Å². The molecule has 0 aliphatic heterocycles. The molecule has 0 radical (unpaired) electrons. The Kier molecular flexibility index (Phi) is 4.77. The summed E-state index contributed by atoms with van der Waals surface area (Å²) in [5.74, 6) is 0.433. The van der Waals surface area contributed by atoms with E-state index in [2.05, 4.69) is 12.2 Å². The van der Waals surface area contributed by atoms with Gasteiger partial charge in [-0.1, -0.05) is 19.8 Å². The Bertz CT molecular complexity index is 545. The largest absolute Gasteiger partial charge is 0.393 e. The highest BCUT2D eigenvalue weighted by Gasteiger charge is 2.20. The van der Waals surface area contributed by atoms with Crippen molar-refractivity contribution in [3.05, 3.63) is 33.9 Å². The predicted molar refractivity (Wildman–Crippen MR) is 81.0 cm³/mol. The molecule has 1 aromatic rings. The van der Waals surface area contributed by atoms with E-state index in [4.69, 9.17) is 5.73 Å². The Hall–Kier alpha value is -2.11. The van der Waals surface area contributed by atoms with Crippen molar-refractivity contribution in [1.82, 2.24) is 5.32 Å². The molecule has 1 saturated carbocycles. The van der Waals surface area contributed by atoms with Crippen LogP contribution in [0.25, 0.3) is 0 Å². The lowest BCUT2D eigenvalue weighted by molar-refractivity contribution is -0.383.